The number of para-hydroxylation sites is 1. The van der Waals surface area contributed by atoms with Crippen molar-refractivity contribution in [3.8, 4) is 0 Å². The van der Waals surface area contributed by atoms with Crippen molar-refractivity contribution in [1.82, 2.24) is 4.72 Å². The van der Waals surface area contributed by atoms with Gasteiger partial charge in [0.2, 0.25) is 10.0 Å². The Labute approximate surface area is 121 Å². The van der Waals surface area contributed by atoms with Crippen LogP contribution in [-0.2, 0) is 14.8 Å². The second-order valence-electron chi connectivity index (χ2n) is 4.48. The summed E-state index contributed by atoms with van der Waals surface area (Å²) in [5.41, 5.74) is 0.641. The zero-order chi connectivity index (χ0) is 14.8. The Bertz CT molecular complexity index is 489. The molecule has 1 aromatic rings. The number of rotatable bonds is 10. The Balaban J connectivity index is 2.56. The van der Waals surface area contributed by atoms with Gasteiger partial charge in [-0.05, 0) is 38.3 Å². The fourth-order valence-electron chi connectivity index (χ4n) is 1.87. The molecule has 0 aromatic heterocycles. The third kappa shape index (κ3) is 5.48. The van der Waals surface area contributed by atoms with Gasteiger partial charge >= 0.3 is 0 Å². The minimum Gasteiger partial charge on any atom is -0.385 e. The van der Waals surface area contributed by atoms with E-state index in [-0.39, 0.29) is 0 Å². The molecule has 0 amide bonds. The summed E-state index contributed by atoms with van der Waals surface area (Å²) in [6.07, 6.45) is 2.71. The smallest absolute Gasteiger partial charge is 0.242 e. The predicted molar refractivity (Wildman–Crippen MR) is 81.5 cm³/mol. The monoisotopic (exact) mass is 300 g/mol. The van der Waals surface area contributed by atoms with Crippen LogP contribution in [0.3, 0.4) is 0 Å². The molecular formula is C14H24N2O3S. The fraction of sp³-hybridized carbons (Fsp3) is 0.571. The Morgan fingerprint density at radius 1 is 1.15 bits per heavy atom. The lowest BCUT2D eigenvalue weighted by Crippen LogP contribution is -2.25. The van der Waals surface area contributed by atoms with Crippen LogP contribution >= 0.6 is 0 Å². The molecular weight excluding hydrogens is 276 g/mol. The van der Waals surface area contributed by atoms with Gasteiger partial charge in [0, 0.05) is 26.8 Å². The Kier molecular flexibility index (Phi) is 7.58. The minimum atomic E-state index is -3.45. The summed E-state index contributed by atoms with van der Waals surface area (Å²) in [6, 6.07) is 6.94. The van der Waals surface area contributed by atoms with E-state index >= 15 is 0 Å². The molecule has 0 spiro atoms. The molecule has 0 aliphatic rings. The zero-order valence-electron chi connectivity index (χ0n) is 12.2. The summed E-state index contributed by atoms with van der Waals surface area (Å²) in [7, 11) is -1.78. The summed E-state index contributed by atoms with van der Waals surface area (Å²) >= 11 is 0. The van der Waals surface area contributed by atoms with Crippen molar-refractivity contribution in [3.05, 3.63) is 24.3 Å². The highest BCUT2D eigenvalue weighted by Crippen LogP contribution is 2.20. The first-order valence-corrected chi connectivity index (χ1v) is 8.41. The summed E-state index contributed by atoms with van der Waals surface area (Å²) in [5.74, 6) is 0. The summed E-state index contributed by atoms with van der Waals surface area (Å²) in [6.45, 7) is 3.79. The second kappa shape index (κ2) is 8.94. The molecule has 0 saturated heterocycles. The van der Waals surface area contributed by atoms with Gasteiger partial charge in [-0.1, -0.05) is 12.1 Å². The molecule has 114 valence electrons. The fourth-order valence-corrected chi connectivity index (χ4v) is 3.13. The van der Waals surface area contributed by atoms with Gasteiger partial charge in [-0.15, -0.1) is 0 Å². The van der Waals surface area contributed by atoms with Crippen LogP contribution in [-0.4, -0.2) is 35.2 Å². The quantitative estimate of drug-likeness (QED) is 0.650. The first kappa shape index (κ1) is 16.9. The van der Waals surface area contributed by atoms with Crippen LogP contribution < -0.4 is 10.0 Å². The van der Waals surface area contributed by atoms with Crippen LogP contribution in [0, 0.1) is 0 Å². The van der Waals surface area contributed by atoms with Gasteiger partial charge in [-0.25, -0.2) is 13.1 Å². The Morgan fingerprint density at radius 2 is 1.90 bits per heavy atom. The zero-order valence-corrected chi connectivity index (χ0v) is 13.0. The molecule has 0 atom stereocenters. The van der Waals surface area contributed by atoms with Crippen LogP contribution in [0.5, 0.6) is 0 Å². The summed E-state index contributed by atoms with van der Waals surface area (Å²) in [4.78, 5) is 0.304. The number of ether oxygens (including phenoxy) is 1. The van der Waals surface area contributed by atoms with Crippen LogP contribution in [0.15, 0.2) is 29.2 Å². The Hall–Kier alpha value is -1.11. The SMILES string of the molecule is CCNc1ccccc1S(=O)(=O)NCCCCCOC. The molecule has 1 rings (SSSR count). The van der Waals surface area contributed by atoms with Crippen molar-refractivity contribution in [2.75, 3.05) is 32.1 Å². The molecule has 0 unspecified atom stereocenters. The van der Waals surface area contributed by atoms with Crippen LogP contribution in [0.2, 0.25) is 0 Å². The molecule has 0 saturated carbocycles. The maximum absolute atomic E-state index is 12.2. The van der Waals surface area contributed by atoms with Gasteiger partial charge < -0.3 is 10.1 Å². The standard InChI is InChI=1S/C14H24N2O3S/c1-3-15-13-9-5-6-10-14(13)20(17,18)16-11-7-4-8-12-19-2/h5-6,9-10,15-16H,3-4,7-8,11-12H2,1-2H3. The molecule has 0 heterocycles. The number of anilines is 1. The second-order valence-corrected chi connectivity index (χ2v) is 6.21. The van der Waals surface area contributed by atoms with E-state index in [2.05, 4.69) is 10.0 Å². The average Bonchev–Trinajstić information content (AvgIpc) is 2.43. The molecule has 5 nitrogen and oxygen atoms in total. The molecule has 20 heavy (non-hydrogen) atoms. The lowest BCUT2D eigenvalue weighted by molar-refractivity contribution is 0.192. The van der Waals surface area contributed by atoms with E-state index in [1.165, 1.54) is 0 Å². The van der Waals surface area contributed by atoms with E-state index in [1.807, 2.05) is 13.0 Å². The molecule has 0 bridgehead atoms. The summed E-state index contributed by atoms with van der Waals surface area (Å²) < 4.78 is 32.1. The predicted octanol–water partition coefficient (Wildman–Crippen LogP) is 2.21. The van der Waals surface area contributed by atoms with E-state index in [9.17, 15) is 8.42 Å². The van der Waals surface area contributed by atoms with Gasteiger partial charge in [0.25, 0.3) is 0 Å². The number of hydrogen-bond donors (Lipinski definition) is 2. The minimum absolute atomic E-state index is 0.304. The van der Waals surface area contributed by atoms with Crippen LogP contribution in [0.25, 0.3) is 0 Å². The summed E-state index contributed by atoms with van der Waals surface area (Å²) in [5, 5.41) is 3.06. The highest BCUT2D eigenvalue weighted by molar-refractivity contribution is 7.89. The number of methoxy groups -OCH3 is 1. The van der Waals surface area contributed by atoms with Crippen molar-refractivity contribution >= 4 is 15.7 Å². The van der Waals surface area contributed by atoms with Crippen LogP contribution in [0.4, 0.5) is 5.69 Å². The largest absolute Gasteiger partial charge is 0.385 e. The van der Waals surface area contributed by atoms with Crippen molar-refractivity contribution in [3.63, 3.8) is 0 Å². The average molecular weight is 300 g/mol. The van der Waals surface area contributed by atoms with E-state index in [0.717, 1.165) is 25.9 Å². The topological polar surface area (TPSA) is 67.4 Å². The van der Waals surface area contributed by atoms with E-state index < -0.39 is 10.0 Å². The molecule has 0 aliphatic carbocycles. The van der Waals surface area contributed by atoms with Crippen molar-refractivity contribution in [2.45, 2.75) is 31.1 Å². The third-order valence-electron chi connectivity index (χ3n) is 2.86. The molecule has 0 aliphatic heterocycles. The van der Waals surface area contributed by atoms with Gasteiger partial charge in [-0.3, -0.25) is 0 Å². The molecule has 0 radical (unpaired) electrons. The molecule has 0 fully saturated rings. The lowest BCUT2D eigenvalue weighted by atomic mass is 10.2. The van der Waals surface area contributed by atoms with Crippen molar-refractivity contribution < 1.29 is 13.2 Å². The normalized spacial score (nSPS) is 11.5. The van der Waals surface area contributed by atoms with E-state index in [1.54, 1.807) is 25.3 Å². The van der Waals surface area contributed by atoms with Gasteiger partial charge in [0.05, 0.1) is 5.69 Å². The number of nitrogens with one attached hydrogen (secondary N) is 2. The first-order chi connectivity index (χ1) is 9.61. The Morgan fingerprint density at radius 3 is 2.60 bits per heavy atom. The molecule has 1 aromatic carbocycles. The van der Waals surface area contributed by atoms with E-state index in [4.69, 9.17) is 4.74 Å². The maximum Gasteiger partial charge on any atom is 0.242 e. The number of hydrogen-bond acceptors (Lipinski definition) is 4. The highest BCUT2D eigenvalue weighted by atomic mass is 32.2. The van der Waals surface area contributed by atoms with E-state index in [0.29, 0.717) is 23.7 Å². The van der Waals surface area contributed by atoms with Gasteiger partial charge in [0.1, 0.15) is 4.90 Å². The third-order valence-corrected chi connectivity index (χ3v) is 4.38. The number of unbranched alkanes of at least 4 members (excludes halogenated alkanes) is 2. The number of benzene rings is 1. The highest BCUT2D eigenvalue weighted by Gasteiger charge is 2.16. The molecule has 6 heteroatoms. The maximum atomic E-state index is 12.2. The van der Waals surface area contributed by atoms with Gasteiger partial charge in [0.15, 0.2) is 0 Å². The van der Waals surface area contributed by atoms with Crippen molar-refractivity contribution in [1.29, 1.82) is 0 Å². The first-order valence-electron chi connectivity index (χ1n) is 6.93. The lowest BCUT2D eigenvalue weighted by Gasteiger charge is -2.12. The van der Waals surface area contributed by atoms with Crippen molar-refractivity contribution in [2.24, 2.45) is 0 Å². The number of sulfonamides is 1. The van der Waals surface area contributed by atoms with Crippen LogP contribution in [0.1, 0.15) is 26.2 Å². The molecule has 2 N–H and O–H groups in total. The van der Waals surface area contributed by atoms with Gasteiger partial charge in [-0.2, -0.15) is 0 Å².